The van der Waals surface area contributed by atoms with Gasteiger partial charge in [0.05, 0.1) is 17.0 Å². The lowest BCUT2D eigenvalue weighted by atomic mass is 10.0. The minimum atomic E-state index is -0.487. The van der Waals surface area contributed by atoms with E-state index in [0.29, 0.717) is 0 Å². The largest absolute Gasteiger partial charge is 0.394 e. The van der Waals surface area contributed by atoms with E-state index in [1.54, 1.807) is 6.92 Å². The molecule has 3 nitrogen and oxygen atoms in total. The molecule has 0 radical (unpaired) electrons. The summed E-state index contributed by atoms with van der Waals surface area (Å²) in [5.41, 5.74) is -0.487. The summed E-state index contributed by atoms with van der Waals surface area (Å²) in [5, 5.41) is 11.7. The van der Waals surface area contributed by atoms with Crippen molar-refractivity contribution in [2.45, 2.75) is 37.6 Å². The Hall–Kier alpha value is -0.0900. The number of nitrogens with one attached hydrogen (secondary N) is 1. The molecule has 0 fully saturated rings. The van der Waals surface area contributed by atoms with Gasteiger partial charge in [-0.1, -0.05) is 22.9 Å². The summed E-state index contributed by atoms with van der Waals surface area (Å²) in [6.45, 7) is 5.47. The van der Waals surface area contributed by atoms with Gasteiger partial charge < -0.3 is 10.4 Å². The third-order valence-corrected chi connectivity index (χ3v) is 2.33. The number of carbonyl (C=O) groups is 1. The van der Waals surface area contributed by atoms with Gasteiger partial charge in [-0.05, 0) is 20.3 Å². The van der Waals surface area contributed by atoms with E-state index < -0.39 is 5.54 Å². The zero-order valence-corrected chi connectivity index (χ0v) is 9.31. The maximum absolute atomic E-state index is 11.2. The van der Waals surface area contributed by atoms with E-state index in [0.717, 1.165) is 6.42 Å². The summed E-state index contributed by atoms with van der Waals surface area (Å²) < 4.78 is 0. The smallest absolute Gasteiger partial charge is 0.233 e. The first-order valence-electron chi connectivity index (χ1n) is 4.02. The SMILES string of the molecule is CCC(C)(CO)NC(=O)C(C)Br. The molecule has 2 N–H and O–H groups in total. The predicted molar refractivity (Wildman–Crippen MR) is 52.3 cm³/mol. The molecule has 0 aromatic rings. The molecule has 0 saturated heterocycles. The molecule has 0 saturated carbocycles. The Labute approximate surface area is 81.7 Å². The summed E-state index contributed by atoms with van der Waals surface area (Å²) in [4.78, 5) is 11.0. The van der Waals surface area contributed by atoms with Gasteiger partial charge in [0.25, 0.3) is 0 Å². The Morgan fingerprint density at radius 1 is 1.75 bits per heavy atom. The van der Waals surface area contributed by atoms with Crippen LogP contribution < -0.4 is 5.32 Å². The van der Waals surface area contributed by atoms with Crippen LogP contribution in [0.5, 0.6) is 0 Å². The van der Waals surface area contributed by atoms with Crippen molar-refractivity contribution in [3.63, 3.8) is 0 Å². The molecule has 0 bridgehead atoms. The summed E-state index contributed by atoms with van der Waals surface area (Å²) in [5.74, 6) is -0.0894. The monoisotopic (exact) mass is 237 g/mol. The van der Waals surface area contributed by atoms with Crippen LogP contribution in [0.15, 0.2) is 0 Å². The van der Waals surface area contributed by atoms with Crippen molar-refractivity contribution in [1.82, 2.24) is 5.32 Å². The summed E-state index contributed by atoms with van der Waals surface area (Å²) in [7, 11) is 0. The van der Waals surface area contributed by atoms with Crippen LogP contribution in [0.3, 0.4) is 0 Å². The number of hydrogen-bond donors (Lipinski definition) is 2. The quantitative estimate of drug-likeness (QED) is 0.719. The lowest BCUT2D eigenvalue weighted by molar-refractivity contribution is -0.122. The fraction of sp³-hybridized carbons (Fsp3) is 0.875. The third kappa shape index (κ3) is 3.54. The van der Waals surface area contributed by atoms with Crippen molar-refractivity contribution < 1.29 is 9.90 Å². The summed E-state index contributed by atoms with van der Waals surface area (Å²) in [6, 6.07) is 0. The van der Waals surface area contributed by atoms with Gasteiger partial charge in [0.15, 0.2) is 0 Å². The van der Waals surface area contributed by atoms with E-state index >= 15 is 0 Å². The van der Waals surface area contributed by atoms with E-state index in [1.807, 2.05) is 13.8 Å². The Balaban J connectivity index is 4.12. The zero-order chi connectivity index (χ0) is 9.78. The molecule has 72 valence electrons. The van der Waals surface area contributed by atoms with Crippen molar-refractivity contribution in [3.8, 4) is 0 Å². The fourth-order valence-electron chi connectivity index (χ4n) is 0.637. The molecule has 0 heterocycles. The second-order valence-electron chi connectivity index (χ2n) is 3.18. The number of carbonyl (C=O) groups excluding carboxylic acids is 1. The van der Waals surface area contributed by atoms with Gasteiger partial charge >= 0.3 is 0 Å². The molecule has 0 aromatic carbocycles. The summed E-state index contributed by atoms with van der Waals surface area (Å²) >= 11 is 3.16. The van der Waals surface area contributed by atoms with Crippen LogP contribution in [0.2, 0.25) is 0 Å². The average Bonchev–Trinajstić information content (AvgIpc) is 2.04. The van der Waals surface area contributed by atoms with Gasteiger partial charge in [-0.2, -0.15) is 0 Å². The van der Waals surface area contributed by atoms with Gasteiger partial charge in [-0.3, -0.25) is 4.79 Å². The first-order valence-corrected chi connectivity index (χ1v) is 4.93. The second kappa shape index (κ2) is 4.82. The Kier molecular flexibility index (Phi) is 4.78. The predicted octanol–water partition coefficient (Wildman–Crippen LogP) is 1.05. The number of hydrogen-bond acceptors (Lipinski definition) is 2. The number of alkyl halides is 1. The normalized spacial score (nSPS) is 18.1. The van der Waals surface area contributed by atoms with E-state index in [1.165, 1.54) is 0 Å². The van der Waals surface area contributed by atoms with Crippen LogP contribution in [0, 0.1) is 0 Å². The molecular formula is C8H16BrNO2. The zero-order valence-electron chi connectivity index (χ0n) is 7.72. The van der Waals surface area contributed by atoms with Gasteiger partial charge in [0, 0.05) is 0 Å². The van der Waals surface area contributed by atoms with Crippen LogP contribution in [-0.4, -0.2) is 28.0 Å². The molecule has 0 aliphatic heterocycles. The third-order valence-electron chi connectivity index (χ3n) is 1.92. The molecule has 0 aliphatic carbocycles. The first-order chi connectivity index (χ1) is 5.45. The van der Waals surface area contributed by atoms with Gasteiger partial charge in [0.2, 0.25) is 5.91 Å². The maximum atomic E-state index is 11.2. The highest BCUT2D eigenvalue weighted by atomic mass is 79.9. The van der Waals surface area contributed by atoms with E-state index in [4.69, 9.17) is 5.11 Å². The van der Waals surface area contributed by atoms with Crippen molar-refractivity contribution in [2.24, 2.45) is 0 Å². The van der Waals surface area contributed by atoms with Crippen molar-refractivity contribution in [2.75, 3.05) is 6.61 Å². The van der Waals surface area contributed by atoms with Crippen molar-refractivity contribution in [3.05, 3.63) is 0 Å². The lowest BCUT2D eigenvalue weighted by Crippen LogP contribution is -2.50. The van der Waals surface area contributed by atoms with Crippen molar-refractivity contribution >= 4 is 21.8 Å². The van der Waals surface area contributed by atoms with Crippen LogP contribution in [0.25, 0.3) is 0 Å². The van der Waals surface area contributed by atoms with Gasteiger partial charge in [0.1, 0.15) is 0 Å². The second-order valence-corrected chi connectivity index (χ2v) is 4.55. The molecule has 4 heteroatoms. The lowest BCUT2D eigenvalue weighted by Gasteiger charge is -2.27. The average molecular weight is 238 g/mol. The van der Waals surface area contributed by atoms with Crippen LogP contribution in [0.4, 0.5) is 0 Å². The van der Waals surface area contributed by atoms with Crippen LogP contribution in [-0.2, 0) is 4.79 Å². The minimum absolute atomic E-state index is 0.0328. The van der Waals surface area contributed by atoms with Crippen LogP contribution >= 0.6 is 15.9 Å². The Morgan fingerprint density at radius 3 is 2.50 bits per heavy atom. The molecule has 0 rings (SSSR count). The maximum Gasteiger partial charge on any atom is 0.233 e. The molecule has 2 unspecified atom stereocenters. The van der Waals surface area contributed by atoms with Crippen molar-refractivity contribution in [1.29, 1.82) is 0 Å². The van der Waals surface area contributed by atoms with E-state index in [9.17, 15) is 4.79 Å². The molecular weight excluding hydrogens is 222 g/mol. The van der Waals surface area contributed by atoms with E-state index in [-0.39, 0.29) is 17.3 Å². The van der Waals surface area contributed by atoms with Gasteiger partial charge in [-0.25, -0.2) is 0 Å². The molecule has 12 heavy (non-hydrogen) atoms. The molecule has 2 atom stereocenters. The molecule has 0 spiro atoms. The molecule has 0 aromatic heterocycles. The topological polar surface area (TPSA) is 49.3 Å². The first kappa shape index (κ1) is 11.9. The number of aliphatic hydroxyl groups is 1. The highest BCUT2D eigenvalue weighted by molar-refractivity contribution is 9.10. The number of halogens is 1. The fourth-order valence-corrected chi connectivity index (χ4v) is 0.751. The van der Waals surface area contributed by atoms with Crippen LogP contribution in [0.1, 0.15) is 27.2 Å². The molecule has 0 aliphatic rings. The number of rotatable bonds is 4. The number of aliphatic hydroxyl groups excluding tert-OH is 1. The number of amides is 1. The Bertz CT molecular complexity index is 155. The molecule has 1 amide bonds. The Morgan fingerprint density at radius 2 is 2.25 bits per heavy atom. The minimum Gasteiger partial charge on any atom is -0.394 e. The van der Waals surface area contributed by atoms with E-state index in [2.05, 4.69) is 21.2 Å². The highest BCUT2D eigenvalue weighted by Gasteiger charge is 2.24. The summed E-state index contributed by atoms with van der Waals surface area (Å²) in [6.07, 6.45) is 0.717. The standard InChI is InChI=1S/C8H16BrNO2/c1-4-8(3,5-11)10-7(12)6(2)9/h6,11H,4-5H2,1-3H3,(H,10,12). The highest BCUT2D eigenvalue weighted by Crippen LogP contribution is 2.09. The van der Waals surface area contributed by atoms with Gasteiger partial charge in [-0.15, -0.1) is 0 Å².